The molecule has 6 N–H and O–H groups in total. The minimum Gasteiger partial charge on any atom is -0.478 e. The van der Waals surface area contributed by atoms with Crippen molar-refractivity contribution in [2.45, 2.75) is 32.6 Å². The average Bonchev–Trinajstić information content (AvgIpc) is 2.68. The number of rotatable bonds is 5. The highest BCUT2D eigenvalue weighted by atomic mass is 16.4. The van der Waals surface area contributed by atoms with Gasteiger partial charge in [-0.25, -0.2) is 9.59 Å². The summed E-state index contributed by atoms with van der Waals surface area (Å²) in [7, 11) is 0. The molecule has 1 aromatic carbocycles. The van der Waals surface area contributed by atoms with Crippen LogP contribution in [0.2, 0.25) is 0 Å². The average molecular weight is 386 g/mol. The highest BCUT2D eigenvalue weighted by Crippen LogP contribution is 2.27. The molecule has 0 amide bonds. The number of benzene rings is 1. The Morgan fingerprint density at radius 2 is 1.15 bits per heavy atom. The Bertz CT molecular complexity index is 519. The van der Waals surface area contributed by atoms with Gasteiger partial charge in [0.1, 0.15) is 0 Å². The normalized spacial score (nSPS) is 18.4. The Labute approximate surface area is 158 Å². The standard InChI is InChI=1S/C9H8O4.C8H16O2.C2H6O2/c1-5-6(8(10)11)3-2-4-7(5)9(12)13;9-5-7-1-2-8(6-10)4-3-7;3-1-2-4/h2-4H,1H3,(H,10,11)(H,12,13);7-10H,1-6H2;3-4H,1-2H2. The van der Waals surface area contributed by atoms with Gasteiger partial charge in [0.25, 0.3) is 0 Å². The number of aliphatic hydroxyl groups is 4. The lowest BCUT2D eigenvalue weighted by Gasteiger charge is -2.25. The van der Waals surface area contributed by atoms with Crippen LogP contribution in [-0.4, -0.2) is 69.0 Å². The molecule has 0 saturated heterocycles. The molecular weight excluding hydrogens is 356 g/mol. The van der Waals surface area contributed by atoms with E-state index in [-0.39, 0.29) is 29.9 Å². The summed E-state index contributed by atoms with van der Waals surface area (Å²) in [4.78, 5) is 21.2. The Balaban J connectivity index is 0.000000428. The van der Waals surface area contributed by atoms with E-state index in [9.17, 15) is 9.59 Å². The molecule has 1 fully saturated rings. The van der Waals surface area contributed by atoms with Crippen molar-refractivity contribution in [2.75, 3.05) is 26.4 Å². The molecule has 154 valence electrons. The third-order valence-electron chi connectivity index (χ3n) is 4.38. The van der Waals surface area contributed by atoms with Crippen LogP contribution in [-0.2, 0) is 0 Å². The Hall–Kier alpha value is -2.00. The Kier molecular flexibility index (Phi) is 13.1. The smallest absolute Gasteiger partial charge is 0.335 e. The Morgan fingerprint density at radius 1 is 0.815 bits per heavy atom. The lowest BCUT2D eigenvalue weighted by molar-refractivity contribution is 0.0696. The number of hydrogen-bond acceptors (Lipinski definition) is 6. The van der Waals surface area contributed by atoms with Crippen LogP contribution < -0.4 is 0 Å². The van der Waals surface area contributed by atoms with E-state index in [1.807, 2.05) is 0 Å². The summed E-state index contributed by atoms with van der Waals surface area (Å²) >= 11 is 0. The first-order valence-electron chi connectivity index (χ1n) is 8.81. The molecule has 1 saturated carbocycles. The van der Waals surface area contributed by atoms with Crippen LogP contribution in [0.15, 0.2) is 18.2 Å². The van der Waals surface area contributed by atoms with Crippen molar-refractivity contribution in [1.29, 1.82) is 0 Å². The fourth-order valence-electron chi connectivity index (χ4n) is 2.70. The van der Waals surface area contributed by atoms with Gasteiger partial charge in [0.15, 0.2) is 0 Å². The van der Waals surface area contributed by atoms with Crippen LogP contribution in [0.1, 0.15) is 52.0 Å². The lowest BCUT2D eigenvalue weighted by Crippen LogP contribution is -2.19. The van der Waals surface area contributed by atoms with Gasteiger partial charge in [-0.05, 0) is 62.1 Å². The van der Waals surface area contributed by atoms with E-state index in [0.29, 0.717) is 25.0 Å². The number of carboxylic acids is 2. The van der Waals surface area contributed by atoms with Crippen molar-refractivity contribution < 1.29 is 40.2 Å². The van der Waals surface area contributed by atoms with Crippen molar-refractivity contribution in [3.63, 3.8) is 0 Å². The summed E-state index contributed by atoms with van der Waals surface area (Å²) in [6.07, 6.45) is 4.40. The first-order valence-corrected chi connectivity index (χ1v) is 8.81. The third-order valence-corrected chi connectivity index (χ3v) is 4.38. The maximum absolute atomic E-state index is 10.6. The molecule has 8 nitrogen and oxygen atoms in total. The van der Waals surface area contributed by atoms with Crippen molar-refractivity contribution >= 4 is 11.9 Å². The van der Waals surface area contributed by atoms with Gasteiger partial charge in [-0.15, -0.1) is 0 Å². The van der Waals surface area contributed by atoms with Gasteiger partial charge in [0.2, 0.25) is 0 Å². The molecule has 2 rings (SSSR count). The van der Waals surface area contributed by atoms with Gasteiger partial charge >= 0.3 is 11.9 Å². The van der Waals surface area contributed by atoms with Crippen LogP contribution in [0.3, 0.4) is 0 Å². The third kappa shape index (κ3) is 9.48. The quantitative estimate of drug-likeness (QED) is 0.440. The molecule has 27 heavy (non-hydrogen) atoms. The summed E-state index contributed by atoms with van der Waals surface area (Å²) in [5, 5.41) is 50.2. The minimum absolute atomic E-state index is 0.0277. The van der Waals surface area contributed by atoms with Gasteiger partial charge < -0.3 is 30.6 Å². The molecule has 0 spiro atoms. The number of aromatic carboxylic acids is 2. The molecular formula is C19H30O8. The number of hydrogen-bond donors (Lipinski definition) is 6. The van der Waals surface area contributed by atoms with Crippen LogP contribution >= 0.6 is 0 Å². The van der Waals surface area contributed by atoms with Gasteiger partial charge in [-0.1, -0.05) is 6.07 Å². The van der Waals surface area contributed by atoms with Gasteiger partial charge in [0.05, 0.1) is 24.3 Å². The fourth-order valence-corrected chi connectivity index (χ4v) is 2.70. The predicted octanol–water partition coefficient (Wildman–Crippen LogP) is 1.14. The fraction of sp³-hybridized carbons (Fsp3) is 0.579. The highest BCUT2D eigenvalue weighted by Gasteiger charge is 2.19. The van der Waals surface area contributed by atoms with Crippen molar-refractivity contribution in [3.8, 4) is 0 Å². The topological polar surface area (TPSA) is 156 Å². The largest absolute Gasteiger partial charge is 0.478 e. The summed E-state index contributed by atoms with van der Waals surface area (Å²) < 4.78 is 0. The van der Waals surface area contributed by atoms with Crippen molar-refractivity contribution in [3.05, 3.63) is 34.9 Å². The molecule has 0 unspecified atom stereocenters. The summed E-state index contributed by atoms with van der Waals surface area (Å²) in [6.45, 7) is 1.89. The molecule has 1 aliphatic rings. The first-order chi connectivity index (χ1) is 12.8. The van der Waals surface area contributed by atoms with Gasteiger partial charge in [-0.3, -0.25) is 0 Å². The van der Waals surface area contributed by atoms with Crippen LogP contribution in [0, 0.1) is 18.8 Å². The second-order valence-corrected chi connectivity index (χ2v) is 6.29. The maximum Gasteiger partial charge on any atom is 0.335 e. The number of carboxylic acid groups (broad SMARTS) is 2. The number of carbonyl (C=O) groups is 2. The van der Waals surface area contributed by atoms with Crippen molar-refractivity contribution in [2.24, 2.45) is 11.8 Å². The molecule has 0 radical (unpaired) electrons. The van der Waals surface area contributed by atoms with E-state index in [0.717, 1.165) is 25.7 Å². The van der Waals surface area contributed by atoms with Gasteiger partial charge in [-0.2, -0.15) is 0 Å². The number of aliphatic hydroxyl groups excluding tert-OH is 4. The molecule has 1 aliphatic carbocycles. The van der Waals surface area contributed by atoms with E-state index in [2.05, 4.69) is 0 Å². The van der Waals surface area contributed by atoms with Crippen LogP contribution in [0.25, 0.3) is 0 Å². The monoisotopic (exact) mass is 386 g/mol. The Morgan fingerprint density at radius 3 is 1.37 bits per heavy atom. The van der Waals surface area contributed by atoms with E-state index < -0.39 is 11.9 Å². The highest BCUT2D eigenvalue weighted by molar-refractivity contribution is 5.96. The lowest BCUT2D eigenvalue weighted by atomic mass is 9.83. The molecule has 8 heteroatoms. The van der Waals surface area contributed by atoms with Crippen molar-refractivity contribution in [1.82, 2.24) is 0 Å². The zero-order valence-corrected chi connectivity index (χ0v) is 15.5. The molecule has 0 bridgehead atoms. The predicted molar refractivity (Wildman–Crippen MR) is 98.9 cm³/mol. The molecule has 0 aromatic heterocycles. The molecule has 1 aromatic rings. The van der Waals surface area contributed by atoms with E-state index in [1.165, 1.54) is 25.1 Å². The minimum atomic E-state index is -1.11. The summed E-state index contributed by atoms with van der Waals surface area (Å²) in [5.41, 5.74) is 0.335. The van der Waals surface area contributed by atoms with Gasteiger partial charge in [0, 0.05) is 13.2 Å². The zero-order chi connectivity index (χ0) is 20.8. The second kappa shape index (κ2) is 14.1. The van der Waals surface area contributed by atoms with E-state index in [1.54, 1.807) is 0 Å². The first kappa shape index (κ1) is 25.0. The summed E-state index contributed by atoms with van der Waals surface area (Å²) in [6, 6.07) is 4.17. The SMILES string of the molecule is Cc1c(C(=O)O)cccc1C(=O)O.OCC1CCC(CO)CC1.OCCO. The zero-order valence-electron chi connectivity index (χ0n) is 15.5. The molecule has 0 heterocycles. The maximum atomic E-state index is 10.6. The van der Waals surface area contributed by atoms with Crippen LogP contribution in [0.4, 0.5) is 0 Å². The summed E-state index contributed by atoms with van der Waals surface area (Å²) in [5.74, 6) is -1.19. The second-order valence-electron chi connectivity index (χ2n) is 6.29. The molecule has 0 atom stereocenters. The van der Waals surface area contributed by atoms with E-state index in [4.69, 9.17) is 30.6 Å². The van der Waals surface area contributed by atoms with E-state index >= 15 is 0 Å². The van der Waals surface area contributed by atoms with Crippen LogP contribution in [0.5, 0.6) is 0 Å². The molecule has 0 aliphatic heterocycles.